The van der Waals surface area contributed by atoms with Crippen molar-refractivity contribution in [3.63, 3.8) is 0 Å². The number of unbranched alkanes of at least 4 members (excludes halogenated alkanes) is 5. The van der Waals surface area contributed by atoms with E-state index in [4.69, 9.17) is 10.8 Å². The van der Waals surface area contributed by atoms with Crippen LogP contribution in [0.4, 0.5) is 0 Å². The zero-order valence-corrected chi connectivity index (χ0v) is 19.5. The standard InChI is InChI=1S/C18H34N4O3.2BrH/c19-7-5-3-1-2-4-6-8-20-17(23)15-21-9-12-22(13-10-21,14-11-21)16-18(24)25;;/h1-16,19H2;2*1H. The van der Waals surface area contributed by atoms with Crippen molar-refractivity contribution in [3.05, 3.63) is 0 Å². The Morgan fingerprint density at radius 2 is 1.22 bits per heavy atom. The number of rotatable bonds is 12. The number of amides is 1. The molecule has 0 saturated carbocycles. The van der Waals surface area contributed by atoms with Gasteiger partial charge in [0.25, 0.3) is 5.91 Å². The smallest absolute Gasteiger partial charge is 0.359 e. The molecule has 9 heteroatoms. The number of carbonyl (C=O) groups is 2. The van der Waals surface area contributed by atoms with Gasteiger partial charge in [-0.05, 0) is 19.4 Å². The largest absolute Gasteiger partial charge is 1.00 e. The second-order valence-electron chi connectivity index (χ2n) is 7.99. The van der Waals surface area contributed by atoms with Gasteiger partial charge in [0.15, 0.2) is 13.1 Å². The van der Waals surface area contributed by atoms with E-state index in [1.54, 1.807) is 0 Å². The van der Waals surface area contributed by atoms with E-state index in [0.717, 1.165) is 69.7 Å². The first kappa shape index (κ1) is 26.8. The fraction of sp³-hybridized carbons (Fsp3) is 0.889. The van der Waals surface area contributed by atoms with Crippen molar-refractivity contribution in [2.24, 2.45) is 5.73 Å². The Hall–Kier alpha value is -0.220. The molecule has 0 aromatic carbocycles. The lowest BCUT2D eigenvalue weighted by molar-refractivity contribution is -1.07. The van der Waals surface area contributed by atoms with Crippen molar-refractivity contribution in [2.45, 2.75) is 38.5 Å². The molecule has 0 unspecified atom stereocenters. The highest BCUT2D eigenvalue weighted by Crippen LogP contribution is 2.26. The summed E-state index contributed by atoms with van der Waals surface area (Å²) in [6.45, 7) is 7.82. The average Bonchev–Trinajstić information content (AvgIpc) is 2.58. The van der Waals surface area contributed by atoms with Gasteiger partial charge in [0.2, 0.25) is 0 Å². The first-order valence-electron chi connectivity index (χ1n) is 9.88. The van der Waals surface area contributed by atoms with Crippen LogP contribution in [0.5, 0.6) is 0 Å². The number of piperazine rings is 3. The molecule has 0 aromatic heterocycles. The topological polar surface area (TPSA) is 92.4 Å². The number of quaternary nitrogens is 2. The Labute approximate surface area is 184 Å². The number of carboxylic acids is 1. The van der Waals surface area contributed by atoms with Crippen LogP contribution in [0.1, 0.15) is 38.5 Å². The Morgan fingerprint density at radius 3 is 1.70 bits per heavy atom. The number of hydrogen-bond acceptors (Lipinski definition) is 3. The number of nitrogens with zero attached hydrogens (tertiary/aromatic N) is 2. The van der Waals surface area contributed by atoms with Crippen LogP contribution in [0, 0.1) is 0 Å². The van der Waals surface area contributed by atoms with Gasteiger partial charge in [0, 0.05) is 6.54 Å². The third kappa shape index (κ3) is 8.77. The quantitative estimate of drug-likeness (QED) is 0.178. The number of fused-ring (bicyclic) bond motifs is 3. The highest BCUT2D eigenvalue weighted by atomic mass is 79.9. The molecule has 3 fully saturated rings. The van der Waals surface area contributed by atoms with Gasteiger partial charge in [-0.3, -0.25) is 4.79 Å². The number of carboxylic acid groups (broad SMARTS) is 1. The number of nitrogens with two attached hydrogens (primary N) is 1. The lowest BCUT2D eigenvalue weighted by atomic mass is 10.1. The minimum Gasteiger partial charge on any atom is -1.00 e. The van der Waals surface area contributed by atoms with Crippen LogP contribution >= 0.6 is 0 Å². The van der Waals surface area contributed by atoms with Gasteiger partial charge in [-0.25, -0.2) is 4.79 Å². The van der Waals surface area contributed by atoms with E-state index < -0.39 is 5.97 Å². The van der Waals surface area contributed by atoms with E-state index in [1.807, 2.05) is 0 Å². The van der Waals surface area contributed by atoms with Crippen LogP contribution < -0.4 is 45.0 Å². The van der Waals surface area contributed by atoms with E-state index in [0.29, 0.717) is 11.0 Å². The molecular weight excluding hydrogens is 480 g/mol. The van der Waals surface area contributed by atoms with E-state index in [9.17, 15) is 9.59 Å². The summed E-state index contributed by atoms with van der Waals surface area (Å²) in [5, 5.41) is 12.2. The number of halogens is 2. The predicted molar refractivity (Wildman–Crippen MR) is 96.9 cm³/mol. The molecule has 27 heavy (non-hydrogen) atoms. The lowest BCUT2D eigenvalue weighted by Crippen LogP contribution is -3.00. The van der Waals surface area contributed by atoms with Crippen molar-refractivity contribution in [3.8, 4) is 0 Å². The molecule has 2 bridgehead atoms. The third-order valence-corrected chi connectivity index (χ3v) is 6.05. The van der Waals surface area contributed by atoms with Crippen molar-refractivity contribution in [2.75, 3.05) is 65.4 Å². The fourth-order valence-electron chi connectivity index (χ4n) is 4.27. The highest BCUT2D eigenvalue weighted by molar-refractivity contribution is 5.77. The minimum absolute atomic E-state index is 0. The maximum atomic E-state index is 12.3. The second kappa shape index (κ2) is 13.1. The zero-order chi connectivity index (χ0) is 18.2. The summed E-state index contributed by atoms with van der Waals surface area (Å²) in [4.78, 5) is 23.3. The van der Waals surface area contributed by atoms with Crippen molar-refractivity contribution in [1.29, 1.82) is 0 Å². The normalized spacial score (nSPS) is 26.0. The van der Waals surface area contributed by atoms with Crippen LogP contribution in [0.15, 0.2) is 0 Å². The Bertz CT molecular complexity index is 441. The summed E-state index contributed by atoms with van der Waals surface area (Å²) in [6, 6.07) is 0. The first-order valence-corrected chi connectivity index (χ1v) is 9.88. The molecular formula is C18H36Br2N4O3. The summed E-state index contributed by atoms with van der Waals surface area (Å²) in [5.41, 5.74) is 5.48. The Kier molecular flexibility index (Phi) is 13.0. The van der Waals surface area contributed by atoms with Gasteiger partial charge < -0.3 is 59.1 Å². The zero-order valence-electron chi connectivity index (χ0n) is 16.3. The molecule has 3 heterocycles. The minimum atomic E-state index is -0.706. The molecule has 4 N–H and O–H groups in total. The van der Waals surface area contributed by atoms with E-state index in [2.05, 4.69) is 5.32 Å². The number of hydrogen-bond donors (Lipinski definition) is 3. The van der Waals surface area contributed by atoms with Gasteiger partial charge in [-0.2, -0.15) is 0 Å². The Morgan fingerprint density at radius 1 is 0.778 bits per heavy atom. The molecule has 3 aliphatic rings. The highest BCUT2D eigenvalue weighted by Gasteiger charge is 2.50. The summed E-state index contributed by atoms with van der Waals surface area (Å²) in [6.07, 6.45) is 7.00. The second-order valence-corrected chi connectivity index (χ2v) is 7.99. The molecule has 7 nitrogen and oxygen atoms in total. The average molecular weight is 516 g/mol. The number of nitrogens with one attached hydrogen (secondary N) is 1. The number of aliphatic carboxylic acids is 1. The Balaban J connectivity index is 0.00000338. The van der Waals surface area contributed by atoms with Crippen LogP contribution in [0.2, 0.25) is 0 Å². The maximum Gasteiger partial charge on any atom is 0.359 e. The molecule has 1 amide bonds. The maximum absolute atomic E-state index is 12.3. The molecule has 0 radical (unpaired) electrons. The van der Waals surface area contributed by atoms with Crippen LogP contribution in [0.25, 0.3) is 0 Å². The van der Waals surface area contributed by atoms with Gasteiger partial charge in [-0.15, -0.1) is 0 Å². The molecule has 0 atom stereocenters. The monoisotopic (exact) mass is 514 g/mol. The predicted octanol–water partition coefficient (Wildman–Crippen LogP) is -5.84. The van der Waals surface area contributed by atoms with Gasteiger partial charge in [0.05, 0.1) is 0 Å². The summed E-state index contributed by atoms with van der Waals surface area (Å²) in [5.74, 6) is -0.550. The molecule has 3 aliphatic heterocycles. The van der Waals surface area contributed by atoms with Crippen LogP contribution in [-0.4, -0.2) is 91.4 Å². The number of carbonyl (C=O) groups excluding carboxylic acids is 1. The van der Waals surface area contributed by atoms with Gasteiger partial charge in [-0.1, -0.05) is 25.7 Å². The molecule has 3 saturated heterocycles. The molecule has 3 rings (SSSR count). The van der Waals surface area contributed by atoms with E-state index in [1.165, 1.54) is 25.7 Å². The van der Waals surface area contributed by atoms with Crippen LogP contribution in [0.3, 0.4) is 0 Å². The lowest BCUT2D eigenvalue weighted by Gasteiger charge is -2.54. The molecule has 0 aromatic rings. The van der Waals surface area contributed by atoms with Crippen molar-refractivity contribution < 1.29 is 57.6 Å². The fourth-order valence-corrected chi connectivity index (χ4v) is 4.27. The molecule has 160 valence electrons. The first-order chi connectivity index (χ1) is 12.0. The van der Waals surface area contributed by atoms with Crippen molar-refractivity contribution >= 4 is 11.9 Å². The summed E-state index contributed by atoms with van der Waals surface area (Å²) in [7, 11) is 0. The molecule has 0 aliphatic carbocycles. The van der Waals surface area contributed by atoms with Crippen molar-refractivity contribution in [1.82, 2.24) is 5.32 Å². The van der Waals surface area contributed by atoms with Gasteiger partial charge >= 0.3 is 5.97 Å². The summed E-state index contributed by atoms with van der Waals surface area (Å²) >= 11 is 0. The van der Waals surface area contributed by atoms with Crippen LogP contribution in [-0.2, 0) is 9.59 Å². The summed E-state index contributed by atoms with van der Waals surface area (Å²) < 4.78 is 1.56. The molecule has 0 spiro atoms. The van der Waals surface area contributed by atoms with E-state index >= 15 is 0 Å². The van der Waals surface area contributed by atoms with Gasteiger partial charge in [0.1, 0.15) is 39.3 Å². The van der Waals surface area contributed by atoms with E-state index in [-0.39, 0.29) is 46.4 Å². The SMILES string of the molecule is NCCCCCCCCNC(=O)C[N+]12CC[N+](CC(=O)O)(CC1)CC2.[Br-].[Br-]. The third-order valence-electron chi connectivity index (χ3n) is 6.05.